The summed E-state index contributed by atoms with van der Waals surface area (Å²) in [6.07, 6.45) is 1.08. The van der Waals surface area contributed by atoms with Crippen LogP contribution >= 0.6 is 0 Å². The molecule has 0 unspecified atom stereocenters. The molecule has 0 aromatic heterocycles. The van der Waals surface area contributed by atoms with Gasteiger partial charge in [0.2, 0.25) is 0 Å². The van der Waals surface area contributed by atoms with Crippen molar-refractivity contribution in [3.05, 3.63) is 65.0 Å². The van der Waals surface area contributed by atoms with Crippen molar-refractivity contribution in [3.8, 4) is 11.8 Å². The Morgan fingerprint density at radius 1 is 1.00 bits per heavy atom. The second-order valence-electron chi connectivity index (χ2n) is 6.67. The maximum atomic E-state index is 13.6. The lowest BCUT2D eigenvalue weighted by Crippen LogP contribution is -2.30. The van der Waals surface area contributed by atoms with Crippen LogP contribution in [0.1, 0.15) is 23.1 Å². The summed E-state index contributed by atoms with van der Waals surface area (Å²) in [5.74, 6) is 0.517. The zero-order valence-corrected chi connectivity index (χ0v) is 15.1. The number of methoxy groups -OCH3 is 1. The van der Waals surface area contributed by atoms with Crippen LogP contribution in [0.15, 0.2) is 42.5 Å². The van der Waals surface area contributed by atoms with E-state index in [1.807, 2.05) is 24.3 Å². The third-order valence-corrected chi connectivity index (χ3v) is 4.81. The van der Waals surface area contributed by atoms with E-state index in [4.69, 9.17) is 10.00 Å². The van der Waals surface area contributed by atoms with Crippen molar-refractivity contribution in [1.82, 2.24) is 9.80 Å². The van der Waals surface area contributed by atoms with Crippen LogP contribution in [0.4, 0.5) is 4.39 Å². The van der Waals surface area contributed by atoms with Crippen molar-refractivity contribution in [1.29, 1.82) is 5.26 Å². The fraction of sp³-hybridized carbons (Fsp3) is 0.381. The smallest absolute Gasteiger partial charge is 0.123 e. The van der Waals surface area contributed by atoms with Crippen LogP contribution in [0.5, 0.6) is 5.75 Å². The van der Waals surface area contributed by atoms with E-state index in [0.29, 0.717) is 12.1 Å². The molecular formula is C21H24FN3O. The first-order valence-corrected chi connectivity index (χ1v) is 8.94. The van der Waals surface area contributed by atoms with Crippen LogP contribution in [-0.2, 0) is 13.1 Å². The van der Waals surface area contributed by atoms with Gasteiger partial charge in [-0.3, -0.25) is 9.80 Å². The summed E-state index contributed by atoms with van der Waals surface area (Å²) in [6, 6.07) is 14.6. The van der Waals surface area contributed by atoms with Crippen molar-refractivity contribution >= 4 is 0 Å². The highest BCUT2D eigenvalue weighted by Gasteiger charge is 2.17. The SMILES string of the molecule is COc1ccc(F)cc1CN1CCCN(Cc2ccc(C#N)cc2)CC1. The van der Waals surface area contributed by atoms with Gasteiger partial charge in [0.15, 0.2) is 0 Å². The molecule has 4 nitrogen and oxygen atoms in total. The Balaban J connectivity index is 1.58. The average Bonchev–Trinajstić information content (AvgIpc) is 2.88. The molecule has 0 N–H and O–H groups in total. The molecule has 2 aromatic rings. The number of rotatable bonds is 5. The Morgan fingerprint density at radius 2 is 1.69 bits per heavy atom. The fourth-order valence-electron chi connectivity index (χ4n) is 3.40. The monoisotopic (exact) mass is 353 g/mol. The molecule has 0 atom stereocenters. The molecule has 1 aliphatic heterocycles. The van der Waals surface area contributed by atoms with Crippen LogP contribution in [0, 0.1) is 17.1 Å². The lowest BCUT2D eigenvalue weighted by Gasteiger charge is -2.22. The topological polar surface area (TPSA) is 39.5 Å². The Labute approximate surface area is 154 Å². The Morgan fingerprint density at radius 3 is 2.35 bits per heavy atom. The highest BCUT2D eigenvalue weighted by atomic mass is 19.1. The van der Waals surface area contributed by atoms with E-state index in [9.17, 15) is 4.39 Å². The largest absolute Gasteiger partial charge is 0.496 e. The third kappa shape index (κ3) is 4.81. The minimum atomic E-state index is -0.224. The van der Waals surface area contributed by atoms with E-state index in [0.717, 1.165) is 50.5 Å². The molecule has 5 heteroatoms. The van der Waals surface area contributed by atoms with E-state index in [1.165, 1.54) is 11.6 Å². The van der Waals surface area contributed by atoms with Gasteiger partial charge >= 0.3 is 0 Å². The number of benzene rings is 2. The molecule has 1 heterocycles. The van der Waals surface area contributed by atoms with Crippen LogP contribution < -0.4 is 4.74 Å². The van der Waals surface area contributed by atoms with Gasteiger partial charge in [-0.05, 0) is 55.4 Å². The number of nitrogens with zero attached hydrogens (tertiary/aromatic N) is 3. The van der Waals surface area contributed by atoms with Gasteiger partial charge in [-0.1, -0.05) is 12.1 Å². The summed E-state index contributed by atoms with van der Waals surface area (Å²) in [5, 5.41) is 8.89. The molecule has 3 rings (SSSR count). The van der Waals surface area contributed by atoms with Gasteiger partial charge in [-0.15, -0.1) is 0 Å². The van der Waals surface area contributed by atoms with E-state index in [2.05, 4.69) is 15.9 Å². The molecule has 0 spiro atoms. The number of ether oxygens (including phenoxy) is 1. The first-order valence-electron chi connectivity index (χ1n) is 8.94. The Bertz CT molecular complexity index is 770. The highest BCUT2D eigenvalue weighted by Crippen LogP contribution is 2.22. The van der Waals surface area contributed by atoms with Gasteiger partial charge in [0.25, 0.3) is 0 Å². The van der Waals surface area contributed by atoms with E-state index >= 15 is 0 Å². The van der Waals surface area contributed by atoms with Crippen LogP contribution in [0.25, 0.3) is 0 Å². The zero-order valence-electron chi connectivity index (χ0n) is 15.1. The van der Waals surface area contributed by atoms with Crippen molar-refractivity contribution < 1.29 is 9.13 Å². The molecule has 0 bridgehead atoms. The number of hydrogen-bond donors (Lipinski definition) is 0. The van der Waals surface area contributed by atoms with E-state index < -0.39 is 0 Å². The van der Waals surface area contributed by atoms with Gasteiger partial charge in [0.05, 0.1) is 18.7 Å². The van der Waals surface area contributed by atoms with Crippen molar-refractivity contribution in [2.75, 3.05) is 33.3 Å². The highest BCUT2D eigenvalue weighted by molar-refractivity contribution is 5.34. The third-order valence-electron chi connectivity index (χ3n) is 4.81. The summed E-state index contributed by atoms with van der Waals surface area (Å²) in [6.45, 7) is 5.53. The van der Waals surface area contributed by atoms with Gasteiger partial charge in [-0.2, -0.15) is 5.26 Å². The molecule has 1 fully saturated rings. The van der Waals surface area contributed by atoms with Crippen LogP contribution in [-0.4, -0.2) is 43.1 Å². The molecular weight excluding hydrogens is 329 g/mol. The lowest BCUT2D eigenvalue weighted by molar-refractivity contribution is 0.245. The first kappa shape index (κ1) is 18.4. The molecule has 136 valence electrons. The maximum Gasteiger partial charge on any atom is 0.123 e. The molecule has 2 aromatic carbocycles. The zero-order chi connectivity index (χ0) is 18.4. The van der Waals surface area contributed by atoms with Crippen molar-refractivity contribution in [3.63, 3.8) is 0 Å². The lowest BCUT2D eigenvalue weighted by atomic mass is 10.1. The van der Waals surface area contributed by atoms with E-state index in [1.54, 1.807) is 19.2 Å². The summed E-state index contributed by atoms with van der Waals surface area (Å²) >= 11 is 0. The molecule has 26 heavy (non-hydrogen) atoms. The molecule has 1 saturated heterocycles. The normalized spacial score (nSPS) is 16.0. The number of nitriles is 1. The molecule has 0 saturated carbocycles. The minimum absolute atomic E-state index is 0.224. The quantitative estimate of drug-likeness (QED) is 0.826. The molecule has 0 aliphatic carbocycles. The number of hydrogen-bond acceptors (Lipinski definition) is 4. The van der Waals surface area contributed by atoms with Crippen molar-refractivity contribution in [2.45, 2.75) is 19.5 Å². The summed E-state index contributed by atoms with van der Waals surface area (Å²) in [4.78, 5) is 4.79. The fourth-order valence-corrected chi connectivity index (χ4v) is 3.40. The van der Waals surface area contributed by atoms with Crippen LogP contribution in [0.2, 0.25) is 0 Å². The molecule has 1 aliphatic rings. The standard InChI is InChI=1S/C21H24FN3O/c1-26-21-8-7-20(22)13-19(21)16-25-10-2-9-24(11-12-25)15-18-5-3-17(14-23)4-6-18/h3-8,13H,2,9-12,15-16H2,1H3. The second-order valence-corrected chi connectivity index (χ2v) is 6.67. The number of halogens is 1. The second kappa shape index (κ2) is 8.79. The minimum Gasteiger partial charge on any atom is -0.496 e. The van der Waals surface area contributed by atoms with Gasteiger partial charge in [0.1, 0.15) is 11.6 Å². The Kier molecular flexibility index (Phi) is 6.21. The molecule has 0 amide bonds. The summed E-state index contributed by atoms with van der Waals surface area (Å²) < 4.78 is 18.9. The van der Waals surface area contributed by atoms with Gasteiger partial charge in [0, 0.05) is 31.7 Å². The van der Waals surface area contributed by atoms with Crippen LogP contribution in [0.3, 0.4) is 0 Å². The predicted molar refractivity (Wildman–Crippen MR) is 99.3 cm³/mol. The predicted octanol–water partition coefficient (Wildman–Crippen LogP) is 3.41. The van der Waals surface area contributed by atoms with Gasteiger partial charge < -0.3 is 4.74 Å². The first-order chi connectivity index (χ1) is 12.7. The van der Waals surface area contributed by atoms with E-state index in [-0.39, 0.29) is 5.82 Å². The molecule has 0 radical (unpaired) electrons. The summed E-state index contributed by atoms with van der Waals surface area (Å²) in [5.41, 5.74) is 2.82. The van der Waals surface area contributed by atoms with Gasteiger partial charge in [-0.25, -0.2) is 4.39 Å². The Hall–Kier alpha value is -2.42. The average molecular weight is 353 g/mol. The van der Waals surface area contributed by atoms with Crippen molar-refractivity contribution in [2.24, 2.45) is 0 Å². The maximum absolute atomic E-state index is 13.6. The summed E-state index contributed by atoms with van der Waals surface area (Å²) in [7, 11) is 1.62.